The molecule has 1 saturated heterocycles. The minimum absolute atomic E-state index is 0.104. The molecule has 8 heteroatoms. The van der Waals surface area contributed by atoms with E-state index in [1.165, 1.54) is 17.8 Å². The summed E-state index contributed by atoms with van der Waals surface area (Å²) in [7, 11) is 4.04. The molecule has 30 heavy (non-hydrogen) atoms. The van der Waals surface area contributed by atoms with Crippen molar-refractivity contribution in [1.82, 2.24) is 9.88 Å². The standard InChI is InChI=1S/C22H27F3N4O/c1-28(2)14-11-16-7-9-18(10-8-16)27-21(30)17-5-4-13-29(15-17)20-19(22(23,24)25)6-3-12-26-20/h3,6-10,12,17H,4-5,11,13-15H2,1-2H3,(H,27,30). The van der Waals surface area contributed by atoms with Crippen LogP contribution in [0.5, 0.6) is 0 Å². The van der Waals surface area contributed by atoms with Crippen LogP contribution in [0, 0.1) is 5.92 Å². The molecule has 2 heterocycles. The van der Waals surface area contributed by atoms with Crippen molar-refractivity contribution in [3.05, 3.63) is 53.7 Å². The highest BCUT2D eigenvalue weighted by molar-refractivity contribution is 5.93. The monoisotopic (exact) mass is 420 g/mol. The zero-order valence-corrected chi connectivity index (χ0v) is 17.2. The fourth-order valence-corrected chi connectivity index (χ4v) is 3.61. The molecule has 1 fully saturated rings. The molecule has 1 aromatic heterocycles. The molecule has 1 N–H and O–H groups in total. The molecule has 1 aromatic carbocycles. The van der Waals surface area contributed by atoms with Crippen LogP contribution < -0.4 is 10.2 Å². The maximum Gasteiger partial charge on any atom is 0.419 e. The van der Waals surface area contributed by atoms with E-state index in [1.54, 1.807) is 4.90 Å². The predicted molar refractivity (Wildman–Crippen MR) is 112 cm³/mol. The quantitative estimate of drug-likeness (QED) is 0.766. The molecular weight excluding hydrogens is 393 g/mol. The Morgan fingerprint density at radius 2 is 1.97 bits per heavy atom. The molecule has 1 amide bonds. The van der Waals surface area contributed by atoms with Gasteiger partial charge in [-0.2, -0.15) is 13.2 Å². The van der Waals surface area contributed by atoms with E-state index in [0.29, 0.717) is 25.1 Å². The second-order valence-electron chi connectivity index (χ2n) is 7.90. The Morgan fingerprint density at radius 1 is 1.23 bits per heavy atom. The maximum absolute atomic E-state index is 13.3. The number of hydrogen-bond donors (Lipinski definition) is 1. The topological polar surface area (TPSA) is 48.5 Å². The highest BCUT2D eigenvalue weighted by Crippen LogP contribution is 2.36. The zero-order chi connectivity index (χ0) is 21.7. The predicted octanol–water partition coefficient (Wildman–Crippen LogP) is 4.06. The van der Waals surface area contributed by atoms with Crippen molar-refractivity contribution in [2.45, 2.75) is 25.4 Å². The van der Waals surface area contributed by atoms with Crippen molar-refractivity contribution in [3.63, 3.8) is 0 Å². The van der Waals surface area contributed by atoms with E-state index in [4.69, 9.17) is 0 Å². The summed E-state index contributed by atoms with van der Waals surface area (Å²) in [5.74, 6) is -0.673. The lowest BCUT2D eigenvalue weighted by atomic mass is 9.96. The third kappa shape index (κ3) is 5.72. The van der Waals surface area contributed by atoms with E-state index in [9.17, 15) is 18.0 Å². The van der Waals surface area contributed by atoms with Crippen LogP contribution in [0.4, 0.5) is 24.7 Å². The number of pyridine rings is 1. The second kappa shape index (κ2) is 9.47. The van der Waals surface area contributed by atoms with Crippen LogP contribution in [0.2, 0.25) is 0 Å². The number of amides is 1. The minimum atomic E-state index is -4.48. The molecule has 0 saturated carbocycles. The number of halogens is 3. The van der Waals surface area contributed by atoms with Gasteiger partial charge in [-0.25, -0.2) is 4.98 Å². The Morgan fingerprint density at radius 3 is 2.63 bits per heavy atom. The number of hydrogen-bond acceptors (Lipinski definition) is 4. The van der Waals surface area contributed by atoms with Gasteiger partial charge in [-0.05, 0) is 63.2 Å². The van der Waals surface area contributed by atoms with Crippen molar-refractivity contribution in [2.24, 2.45) is 5.92 Å². The molecule has 5 nitrogen and oxygen atoms in total. The van der Waals surface area contributed by atoms with E-state index < -0.39 is 17.7 Å². The third-order valence-electron chi connectivity index (χ3n) is 5.25. The Hall–Kier alpha value is -2.61. The first-order valence-corrected chi connectivity index (χ1v) is 10.1. The van der Waals surface area contributed by atoms with E-state index in [2.05, 4.69) is 15.2 Å². The molecule has 0 spiro atoms. The van der Waals surface area contributed by atoms with Gasteiger partial charge in [-0.3, -0.25) is 4.79 Å². The first-order chi connectivity index (χ1) is 14.2. The van der Waals surface area contributed by atoms with Crippen LogP contribution in [-0.4, -0.2) is 49.5 Å². The van der Waals surface area contributed by atoms with Gasteiger partial charge in [0.15, 0.2) is 0 Å². The minimum Gasteiger partial charge on any atom is -0.355 e. The molecule has 3 rings (SSSR count). The summed E-state index contributed by atoms with van der Waals surface area (Å²) in [6.07, 6.45) is -0.934. The second-order valence-corrected chi connectivity index (χ2v) is 7.90. The van der Waals surface area contributed by atoms with Crippen LogP contribution in [0.25, 0.3) is 0 Å². The number of anilines is 2. The fourth-order valence-electron chi connectivity index (χ4n) is 3.61. The van der Waals surface area contributed by atoms with E-state index in [-0.39, 0.29) is 18.3 Å². The number of rotatable bonds is 6. The smallest absolute Gasteiger partial charge is 0.355 e. The Labute approximate surface area is 174 Å². The number of nitrogens with one attached hydrogen (secondary N) is 1. The van der Waals surface area contributed by atoms with Crippen molar-refractivity contribution >= 4 is 17.4 Å². The third-order valence-corrected chi connectivity index (χ3v) is 5.25. The molecule has 2 aromatic rings. The molecule has 0 aliphatic carbocycles. The summed E-state index contributed by atoms with van der Waals surface area (Å²) in [6.45, 7) is 1.61. The molecule has 1 aliphatic rings. The Balaban J connectivity index is 1.64. The van der Waals surface area contributed by atoms with Crippen LogP contribution >= 0.6 is 0 Å². The summed E-state index contributed by atoms with van der Waals surface area (Å²) in [4.78, 5) is 20.4. The van der Waals surface area contributed by atoms with Crippen LogP contribution in [-0.2, 0) is 17.4 Å². The summed E-state index contributed by atoms with van der Waals surface area (Å²) in [5, 5.41) is 2.90. The van der Waals surface area contributed by atoms with Gasteiger partial charge >= 0.3 is 6.18 Å². The van der Waals surface area contributed by atoms with Crippen molar-refractivity contribution in [2.75, 3.05) is 43.9 Å². The Kier molecular flexibility index (Phi) is 6.97. The van der Waals surface area contributed by atoms with E-state index in [1.807, 2.05) is 38.4 Å². The van der Waals surface area contributed by atoms with Gasteiger partial charge < -0.3 is 15.1 Å². The normalized spacial score (nSPS) is 17.3. The Bertz CT molecular complexity index is 852. The first-order valence-electron chi connectivity index (χ1n) is 10.1. The molecule has 1 atom stereocenters. The van der Waals surface area contributed by atoms with E-state index >= 15 is 0 Å². The molecule has 1 unspecified atom stereocenters. The fraction of sp³-hybridized carbons (Fsp3) is 0.455. The number of likely N-dealkylation sites (N-methyl/N-ethyl adjacent to an activating group) is 1. The van der Waals surface area contributed by atoms with Gasteiger partial charge in [0.2, 0.25) is 5.91 Å². The lowest BCUT2D eigenvalue weighted by Gasteiger charge is -2.34. The number of aromatic nitrogens is 1. The summed E-state index contributed by atoms with van der Waals surface area (Å²) in [6, 6.07) is 10.0. The maximum atomic E-state index is 13.3. The van der Waals surface area contributed by atoms with Gasteiger partial charge in [-0.1, -0.05) is 12.1 Å². The van der Waals surface area contributed by atoms with Gasteiger partial charge in [-0.15, -0.1) is 0 Å². The molecule has 0 bridgehead atoms. The van der Waals surface area contributed by atoms with Crippen LogP contribution in [0.15, 0.2) is 42.6 Å². The first kappa shape index (κ1) is 22.1. The van der Waals surface area contributed by atoms with E-state index in [0.717, 1.165) is 19.0 Å². The number of nitrogens with zero attached hydrogens (tertiary/aromatic N) is 3. The highest BCUT2D eigenvalue weighted by atomic mass is 19.4. The lowest BCUT2D eigenvalue weighted by molar-refractivity contribution is -0.137. The molecule has 0 radical (unpaired) electrons. The number of carbonyl (C=O) groups is 1. The van der Waals surface area contributed by atoms with Gasteiger partial charge in [0, 0.05) is 31.5 Å². The average Bonchev–Trinajstić information content (AvgIpc) is 2.72. The molecular formula is C22H27F3N4O. The van der Waals surface area contributed by atoms with Crippen molar-refractivity contribution < 1.29 is 18.0 Å². The van der Waals surface area contributed by atoms with Crippen molar-refractivity contribution in [1.29, 1.82) is 0 Å². The number of piperidine rings is 1. The zero-order valence-electron chi connectivity index (χ0n) is 17.2. The van der Waals surface area contributed by atoms with Gasteiger partial charge in [0.05, 0.1) is 11.5 Å². The SMILES string of the molecule is CN(C)CCc1ccc(NC(=O)C2CCCN(c3ncccc3C(F)(F)F)C2)cc1. The highest BCUT2D eigenvalue weighted by Gasteiger charge is 2.37. The average molecular weight is 420 g/mol. The summed E-state index contributed by atoms with van der Waals surface area (Å²) >= 11 is 0. The lowest BCUT2D eigenvalue weighted by Crippen LogP contribution is -2.42. The van der Waals surface area contributed by atoms with Crippen molar-refractivity contribution in [3.8, 4) is 0 Å². The largest absolute Gasteiger partial charge is 0.419 e. The molecule has 1 aliphatic heterocycles. The van der Waals surface area contributed by atoms with Crippen LogP contribution in [0.3, 0.4) is 0 Å². The summed E-state index contributed by atoms with van der Waals surface area (Å²) < 4.78 is 40.0. The summed E-state index contributed by atoms with van der Waals surface area (Å²) in [5.41, 5.74) is 1.11. The number of carbonyl (C=O) groups excluding carboxylic acids is 1. The van der Waals surface area contributed by atoms with Gasteiger partial charge in [0.1, 0.15) is 5.82 Å². The number of alkyl halides is 3. The number of benzene rings is 1. The molecule has 162 valence electrons. The van der Waals surface area contributed by atoms with Gasteiger partial charge in [0.25, 0.3) is 0 Å². The van der Waals surface area contributed by atoms with Crippen LogP contribution in [0.1, 0.15) is 24.0 Å².